The summed E-state index contributed by atoms with van der Waals surface area (Å²) >= 11 is 0. The minimum absolute atomic E-state index is 0.0637. The Bertz CT molecular complexity index is 1140. The summed E-state index contributed by atoms with van der Waals surface area (Å²) in [4.78, 5) is 17.1. The summed E-state index contributed by atoms with van der Waals surface area (Å²) in [6, 6.07) is 8.39. The van der Waals surface area contributed by atoms with Crippen LogP contribution in [0.2, 0.25) is 0 Å². The van der Waals surface area contributed by atoms with Crippen LogP contribution in [0.3, 0.4) is 0 Å². The van der Waals surface area contributed by atoms with Crippen LogP contribution in [0.15, 0.2) is 24.3 Å². The van der Waals surface area contributed by atoms with Crippen molar-refractivity contribution in [3.05, 3.63) is 41.2 Å². The zero-order valence-corrected chi connectivity index (χ0v) is 21.8. The molecule has 188 valence electrons. The Hall–Kier alpha value is -3.00. The van der Waals surface area contributed by atoms with Gasteiger partial charge in [-0.2, -0.15) is 10.2 Å². The summed E-state index contributed by atoms with van der Waals surface area (Å²) in [6.07, 6.45) is 5.00. The maximum atomic E-state index is 12.7. The van der Waals surface area contributed by atoms with E-state index in [9.17, 15) is 4.79 Å². The van der Waals surface area contributed by atoms with Crippen molar-refractivity contribution in [3.8, 4) is 5.69 Å². The number of aromatic nitrogens is 4. The molecule has 0 spiro atoms. The van der Waals surface area contributed by atoms with Crippen molar-refractivity contribution in [2.75, 3.05) is 45.2 Å². The first-order chi connectivity index (χ1) is 16.8. The molecular weight excluding hydrogens is 438 g/mol. The fourth-order valence-corrected chi connectivity index (χ4v) is 4.90. The molecule has 1 saturated heterocycles. The molecule has 8 nitrogen and oxygen atoms in total. The lowest BCUT2D eigenvalue weighted by Gasteiger charge is -2.32. The number of unbranched alkanes of at least 4 members (excludes halogenated alkanes) is 2. The predicted octanol–water partition coefficient (Wildman–Crippen LogP) is 3.81. The molecule has 0 radical (unpaired) electrons. The van der Waals surface area contributed by atoms with Gasteiger partial charge in [-0.3, -0.25) is 4.79 Å². The van der Waals surface area contributed by atoms with Crippen molar-refractivity contribution < 1.29 is 4.79 Å². The molecule has 1 amide bonds. The van der Waals surface area contributed by atoms with Crippen molar-refractivity contribution >= 4 is 22.6 Å². The highest BCUT2D eigenvalue weighted by Gasteiger charge is 2.28. The molecule has 0 saturated carbocycles. The van der Waals surface area contributed by atoms with Crippen LogP contribution in [0.4, 0.5) is 5.82 Å². The van der Waals surface area contributed by atoms with Crippen LogP contribution in [0.5, 0.6) is 0 Å². The van der Waals surface area contributed by atoms with E-state index >= 15 is 0 Å². The van der Waals surface area contributed by atoms with Gasteiger partial charge in [-0.1, -0.05) is 24.1 Å². The van der Waals surface area contributed by atoms with E-state index in [4.69, 9.17) is 5.10 Å². The first kappa shape index (κ1) is 25.1. The Balaban J connectivity index is 1.40. The number of fused-ring (bicyclic) bond motifs is 1. The van der Waals surface area contributed by atoms with Crippen LogP contribution < -0.4 is 10.2 Å². The quantitative estimate of drug-likeness (QED) is 0.472. The number of anilines is 1. The van der Waals surface area contributed by atoms with Gasteiger partial charge < -0.3 is 15.1 Å². The zero-order chi connectivity index (χ0) is 24.9. The van der Waals surface area contributed by atoms with Crippen molar-refractivity contribution in [1.82, 2.24) is 30.2 Å². The van der Waals surface area contributed by atoms with Gasteiger partial charge in [0, 0.05) is 25.6 Å². The summed E-state index contributed by atoms with van der Waals surface area (Å²) in [6.45, 7) is 9.60. The van der Waals surface area contributed by atoms with Crippen LogP contribution >= 0.6 is 0 Å². The molecular formula is C27H39N7O. The number of rotatable bonds is 9. The summed E-state index contributed by atoms with van der Waals surface area (Å²) < 4.78 is 1.99. The van der Waals surface area contributed by atoms with E-state index in [1.54, 1.807) is 0 Å². The fourth-order valence-electron chi connectivity index (χ4n) is 4.90. The number of benzene rings is 1. The van der Waals surface area contributed by atoms with E-state index < -0.39 is 0 Å². The van der Waals surface area contributed by atoms with E-state index in [2.05, 4.69) is 77.5 Å². The molecule has 1 aromatic carbocycles. The number of piperidine rings is 1. The second kappa shape index (κ2) is 11.2. The van der Waals surface area contributed by atoms with E-state index in [0.717, 1.165) is 85.7 Å². The first-order valence-electron chi connectivity index (χ1n) is 12.8. The van der Waals surface area contributed by atoms with E-state index in [1.807, 2.05) is 11.6 Å². The van der Waals surface area contributed by atoms with E-state index in [0.29, 0.717) is 0 Å². The maximum Gasteiger partial charge on any atom is 0.223 e. The Kier molecular flexibility index (Phi) is 8.00. The Labute approximate surface area is 208 Å². The summed E-state index contributed by atoms with van der Waals surface area (Å²) in [5.74, 6) is 1.07. The van der Waals surface area contributed by atoms with Gasteiger partial charge in [-0.15, -0.1) is 5.10 Å². The molecule has 3 heterocycles. The van der Waals surface area contributed by atoms with Crippen molar-refractivity contribution in [2.24, 2.45) is 5.92 Å². The third kappa shape index (κ3) is 5.81. The molecule has 0 bridgehead atoms. The average molecular weight is 478 g/mol. The van der Waals surface area contributed by atoms with Gasteiger partial charge in [-0.25, -0.2) is 4.68 Å². The van der Waals surface area contributed by atoms with E-state index in [-0.39, 0.29) is 11.8 Å². The molecule has 1 N–H and O–H groups in total. The van der Waals surface area contributed by atoms with Crippen LogP contribution in [0, 0.1) is 26.7 Å². The topological polar surface area (TPSA) is 79.2 Å². The highest BCUT2D eigenvalue weighted by Crippen LogP contribution is 2.31. The molecule has 3 aromatic rings. The average Bonchev–Trinajstić information content (AvgIpc) is 3.20. The van der Waals surface area contributed by atoms with Crippen molar-refractivity contribution in [3.63, 3.8) is 0 Å². The minimum atomic E-state index is 0.0637. The molecule has 1 aliphatic heterocycles. The number of amides is 1. The zero-order valence-electron chi connectivity index (χ0n) is 21.8. The summed E-state index contributed by atoms with van der Waals surface area (Å²) in [7, 11) is 4.19. The fraction of sp³-hybridized carbons (Fsp3) is 0.556. The molecule has 0 atom stereocenters. The van der Waals surface area contributed by atoms with Gasteiger partial charge in [-0.05, 0) is 79.2 Å². The lowest BCUT2D eigenvalue weighted by molar-refractivity contribution is -0.125. The number of hydrogen-bond donors (Lipinski definition) is 1. The highest BCUT2D eigenvalue weighted by molar-refractivity contribution is 5.92. The largest absolute Gasteiger partial charge is 0.356 e. The number of nitrogens with zero attached hydrogens (tertiary/aromatic N) is 6. The third-order valence-corrected chi connectivity index (χ3v) is 7.01. The van der Waals surface area contributed by atoms with Gasteiger partial charge >= 0.3 is 0 Å². The molecule has 4 rings (SSSR count). The van der Waals surface area contributed by atoms with Gasteiger partial charge in [0.15, 0.2) is 5.82 Å². The van der Waals surface area contributed by atoms with Crippen LogP contribution in [-0.2, 0) is 4.79 Å². The molecule has 8 heteroatoms. The molecule has 1 fully saturated rings. The van der Waals surface area contributed by atoms with Gasteiger partial charge in [0.25, 0.3) is 0 Å². The molecule has 0 unspecified atom stereocenters. The van der Waals surface area contributed by atoms with Crippen LogP contribution in [0.1, 0.15) is 49.1 Å². The Morgan fingerprint density at radius 3 is 2.43 bits per heavy atom. The van der Waals surface area contributed by atoms with E-state index in [1.165, 1.54) is 12.0 Å². The summed E-state index contributed by atoms with van der Waals surface area (Å²) in [5, 5.41) is 18.2. The smallest absolute Gasteiger partial charge is 0.223 e. The summed E-state index contributed by atoms with van der Waals surface area (Å²) in [5.41, 5.74) is 5.10. The number of carbonyl (C=O) groups is 1. The van der Waals surface area contributed by atoms with Gasteiger partial charge in [0.2, 0.25) is 5.91 Å². The van der Waals surface area contributed by atoms with Crippen molar-refractivity contribution in [1.29, 1.82) is 0 Å². The van der Waals surface area contributed by atoms with Crippen LogP contribution in [-0.4, -0.2) is 71.1 Å². The van der Waals surface area contributed by atoms with Gasteiger partial charge in [0.1, 0.15) is 5.52 Å². The SMILES string of the molecule is Cc1ccc(-n2nc3c(N4CCC(C(=O)NCCCCCN(C)C)CC4)nnc(C)c3c2C)cc1. The number of nitrogens with one attached hydrogen (secondary N) is 1. The second-order valence-corrected chi connectivity index (χ2v) is 10.1. The standard InChI is InChI=1S/C27H39N7O/c1-19-9-11-23(12-10-19)34-21(3)24-20(2)29-30-26(25(24)31-34)33-17-13-22(14-18-33)27(35)28-15-7-6-8-16-32(4)5/h9-12,22H,6-8,13-18H2,1-5H3,(H,28,35). The van der Waals surface area contributed by atoms with Crippen LogP contribution in [0.25, 0.3) is 16.6 Å². The lowest BCUT2D eigenvalue weighted by Crippen LogP contribution is -2.41. The Morgan fingerprint density at radius 2 is 1.74 bits per heavy atom. The second-order valence-electron chi connectivity index (χ2n) is 10.1. The van der Waals surface area contributed by atoms with Crippen molar-refractivity contribution in [2.45, 2.75) is 52.9 Å². The third-order valence-electron chi connectivity index (χ3n) is 7.01. The monoisotopic (exact) mass is 477 g/mol. The number of carbonyl (C=O) groups excluding carboxylic acids is 1. The molecule has 35 heavy (non-hydrogen) atoms. The first-order valence-corrected chi connectivity index (χ1v) is 12.8. The molecule has 1 aliphatic rings. The predicted molar refractivity (Wildman–Crippen MR) is 141 cm³/mol. The highest BCUT2D eigenvalue weighted by atomic mass is 16.1. The lowest BCUT2D eigenvalue weighted by atomic mass is 9.95. The minimum Gasteiger partial charge on any atom is -0.356 e. The number of hydrogen-bond acceptors (Lipinski definition) is 6. The van der Waals surface area contributed by atoms with Gasteiger partial charge in [0.05, 0.1) is 22.5 Å². The normalized spacial score (nSPS) is 14.7. The molecule has 0 aliphatic carbocycles. The maximum absolute atomic E-state index is 12.7. The number of aryl methyl sites for hydroxylation is 3. The Morgan fingerprint density at radius 1 is 1.03 bits per heavy atom. The molecule has 2 aromatic heterocycles.